The van der Waals surface area contributed by atoms with Gasteiger partial charge in [0.2, 0.25) is 0 Å². The number of ether oxygens (including phenoxy) is 3. The van der Waals surface area contributed by atoms with Crippen molar-refractivity contribution in [2.75, 3.05) is 33.0 Å². The average molecular weight is 255 g/mol. The Hall–Kier alpha value is -0.160. The third-order valence-corrected chi connectivity index (χ3v) is 4.98. The van der Waals surface area contributed by atoms with E-state index in [2.05, 4.69) is 19.2 Å². The van der Waals surface area contributed by atoms with Gasteiger partial charge in [-0.15, -0.1) is 0 Å². The number of nitrogens with one attached hydrogen (secondary N) is 1. The molecule has 0 aromatic carbocycles. The molecule has 18 heavy (non-hydrogen) atoms. The standard InChI is InChI=1S/C14H25NO3/c1-12(2)10-15-14(4-3-7-16-9-6-14)18-13(12)5-8-17-11-13/h15H,3-11H2,1-2H3. The van der Waals surface area contributed by atoms with Crippen LogP contribution in [0.3, 0.4) is 0 Å². The van der Waals surface area contributed by atoms with Crippen LogP contribution in [0.1, 0.15) is 39.5 Å². The van der Waals surface area contributed by atoms with Gasteiger partial charge >= 0.3 is 0 Å². The molecule has 3 saturated heterocycles. The minimum absolute atomic E-state index is 0.109. The predicted octanol–water partition coefficient (Wildman–Crippen LogP) is 1.69. The van der Waals surface area contributed by atoms with Gasteiger partial charge < -0.3 is 14.2 Å². The van der Waals surface area contributed by atoms with Crippen LogP contribution in [-0.2, 0) is 14.2 Å². The Labute approximate surface area is 109 Å². The third kappa shape index (κ3) is 1.99. The molecule has 0 aliphatic carbocycles. The highest BCUT2D eigenvalue weighted by atomic mass is 16.6. The van der Waals surface area contributed by atoms with Crippen molar-refractivity contribution in [3.63, 3.8) is 0 Å². The predicted molar refractivity (Wildman–Crippen MR) is 68.4 cm³/mol. The molecule has 2 unspecified atom stereocenters. The third-order valence-electron chi connectivity index (χ3n) is 4.98. The molecule has 3 aliphatic rings. The Morgan fingerprint density at radius 2 is 1.78 bits per heavy atom. The Kier molecular flexibility index (Phi) is 3.17. The van der Waals surface area contributed by atoms with Gasteiger partial charge in [-0.25, -0.2) is 0 Å². The van der Waals surface area contributed by atoms with Crippen molar-refractivity contribution >= 4 is 0 Å². The molecular weight excluding hydrogens is 230 g/mol. The maximum Gasteiger partial charge on any atom is 0.122 e. The molecule has 0 saturated carbocycles. The lowest BCUT2D eigenvalue weighted by Crippen LogP contribution is -2.68. The molecule has 0 aromatic rings. The SMILES string of the molecule is CC1(C)CNC2(CCCOCC2)OC12CCOC2. The first-order chi connectivity index (χ1) is 8.58. The molecule has 0 radical (unpaired) electrons. The molecule has 0 bridgehead atoms. The maximum absolute atomic E-state index is 6.64. The Balaban J connectivity index is 1.83. The summed E-state index contributed by atoms with van der Waals surface area (Å²) >= 11 is 0. The minimum atomic E-state index is -0.181. The normalized spacial score (nSPS) is 44.3. The van der Waals surface area contributed by atoms with Crippen LogP contribution in [0.5, 0.6) is 0 Å². The summed E-state index contributed by atoms with van der Waals surface area (Å²) in [5.41, 5.74) is -0.162. The van der Waals surface area contributed by atoms with E-state index in [0.29, 0.717) is 0 Å². The van der Waals surface area contributed by atoms with E-state index in [1.165, 1.54) is 0 Å². The van der Waals surface area contributed by atoms with Crippen molar-refractivity contribution in [1.29, 1.82) is 0 Å². The molecule has 2 atom stereocenters. The van der Waals surface area contributed by atoms with Gasteiger partial charge in [0, 0.05) is 38.0 Å². The first-order valence-corrected chi connectivity index (χ1v) is 7.18. The van der Waals surface area contributed by atoms with Crippen LogP contribution in [0.4, 0.5) is 0 Å². The van der Waals surface area contributed by atoms with Gasteiger partial charge in [-0.05, 0) is 12.8 Å². The monoisotopic (exact) mass is 255 g/mol. The Bertz CT molecular complexity index is 302. The molecule has 104 valence electrons. The molecular formula is C14H25NO3. The molecule has 0 aromatic heterocycles. The van der Waals surface area contributed by atoms with E-state index in [4.69, 9.17) is 14.2 Å². The molecule has 4 nitrogen and oxygen atoms in total. The van der Waals surface area contributed by atoms with Crippen LogP contribution in [0.2, 0.25) is 0 Å². The lowest BCUT2D eigenvalue weighted by molar-refractivity contribution is -0.253. The zero-order chi connectivity index (χ0) is 12.7. The fraction of sp³-hybridized carbons (Fsp3) is 1.00. The van der Waals surface area contributed by atoms with Gasteiger partial charge in [0.1, 0.15) is 11.3 Å². The van der Waals surface area contributed by atoms with Crippen molar-refractivity contribution in [3.05, 3.63) is 0 Å². The summed E-state index contributed by atoms with van der Waals surface area (Å²) < 4.78 is 17.9. The molecule has 2 spiro atoms. The molecule has 3 heterocycles. The summed E-state index contributed by atoms with van der Waals surface area (Å²) in [6.07, 6.45) is 4.09. The van der Waals surface area contributed by atoms with E-state index in [1.54, 1.807) is 0 Å². The topological polar surface area (TPSA) is 39.7 Å². The highest BCUT2D eigenvalue weighted by Gasteiger charge is 2.56. The van der Waals surface area contributed by atoms with E-state index in [9.17, 15) is 0 Å². The summed E-state index contributed by atoms with van der Waals surface area (Å²) in [6.45, 7) is 8.80. The van der Waals surface area contributed by atoms with Gasteiger partial charge in [-0.3, -0.25) is 5.32 Å². The summed E-state index contributed by atoms with van der Waals surface area (Å²) in [4.78, 5) is 0. The molecule has 3 aliphatic heterocycles. The highest BCUT2D eigenvalue weighted by molar-refractivity contribution is 5.05. The zero-order valence-corrected chi connectivity index (χ0v) is 11.6. The maximum atomic E-state index is 6.64. The van der Waals surface area contributed by atoms with E-state index >= 15 is 0 Å². The van der Waals surface area contributed by atoms with Crippen molar-refractivity contribution in [2.24, 2.45) is 5.41 Å². The van der Waals surface area contributed by atoms with E-state index in [1.807, 2.05) is 0 Å². The Morgan fingerprint density at radius 1 is 0.944 bits per heavy atom. The summed E-state index contributed by atoms with van der Waals surface area (Å²) in [5, 5.41) is 3.66. The van der Waals surface area contributed by atoms with Crippen LogP contribution in [0.15, 0.2) is 0 Å². The van der Waals surface area contributed by atoms with Crippen molar-refractivity contribution in [3.8, 4) is 0 Å². The van der Waals surface area contributed by atoms with E-state index in [-0.39, 0.29) is 16.7 Å². The van der Waals surface area contributed by atoms with Crippen molar-refractivity contribution in [2.45, 2.75) is 50.9 Å². The van der Waals surface area contributed by atoms with Gasteiger partial charge in [-0.1, -0.05) is 13.8 Å². The van der Waals surface area contributed by atoms with Gasteiger partial charge in [0.15, 0.2) is 0 Å². The average Bonchev–Trinajstić information content (AvgIpc) is 2.68. The second kappa shape index (κ2) is 4.44. The second-order valence-electron chi connectivity index (χ2n) is 6.60. The molecule has 3 fully saturated rings. The molecule has 0 amide bonds. The smallest absolute Gasteiger partial charge is 0.122 e. The second-order valence-corrected chi connectivity index (χ2v) is 6.60. The Morgan fingerprint density at radius 3 is 2.56 bits per heavy atom. The lowest BCUT2D eigenvalue weighted by Gasteiger charge is -2.55. The number of hydrogen-bond acceptors (Lipinski definition) is 4. The minimum Gasteiger partial charge on any atom is -0.381 e. The van der Waals surface area contributed by atoms with Crippen LogP contribution in [-0.4, -0.2) is 44.3 Å². The first kappa shape index (κ1) is 12.9. The van der Waals surface area contributed by atoms with Crippen LogP contribution < -0.4 is 5.32 Å². The van der Waals surface area contributed by atoms with E-state index in [0.717, 1.165) is 58.7 Å². The molecule has 1 N–H and O–H groups in total. The molecule has 4 heteroatoms. The first-order valence-electron chi connectivity index (χ1n) is 7.18. The van der Waals surface area contributed by atoms with Crippen LogP contribution >= 0.6 is 0 Å². The van der Waals surface area contributed by atoms with Gasteiger partial charge in [0.05, 0.1) is 13.2 Å². The fourth-order valence-electron chi connectivity index (χ4n) is 3.45. The van der Waals surface area contributed by atoms with Crippen molar-refractivity contribution < 1.29 is 14.2 Å². The zero-order valence-electron chi connectivity index (χ0n) is 11.6. The van der Waals surface area contributed by atoms with Gasteiger partial charge in [0.25, 0.3) is 0 Å². The summed E-state index contributed by atoms with van der Waals surface area (Å²) in [5.74, 6) is 0. The van der Waals surface area contributed by atoms with Crippen molar-refractivity contribution in [1.82, 2.24) is 5.32 Å². The highest BCUT2D eigenvalue weighted by Crippen LogP contribution is 2.47. The molecule has 3 rings (SSSR count). The largest absolute Gasteiger partial charge is 0.381 e. The fourth-order valence-corrected chi connectivity index (χ4v) is 3.45. The van der Waals surface area contributed by atoms with E-state index < -0.39 is 0 Å². The van der Waals surface area contributed by atoms with Gasteiger partial charge in [-0.2, -0.15) is 0 Å². The summed E-state index contributed by atoms with van der Waals surface area (Å²) in [6, 6.07) is 0. The lowest BCUT2D eigenvalue weighted by atomic mass is 9.71. The quantitative estimate of drug-likeness (QED) is 0.715. The number of rotatable bonds is 0. The summed E-state index contributed by atoms with van der Waals surface area (Å²) in [7, 11) is 0. The van der Waals surface area contributed by atoms with Crippen LogP contribution in [0.25, 0.3) is 0 Å². The van der Waals surface area contributed by atoms with Crippen LogP contribution in [0, 0.1) is 5.41 Å². The number of hydrogen-bond donors (Lipinski definition) is 1.